The minimum absolute atomic E-state index is 0.00463. The fourth-order valence-electron chi connectivity index (χ4n) is 1.72. The average molecular weight is 280 g/mol. The molecule has 0 fully saturated rings. The zero-order valence-corrected chi connectivity index (χ0v) is 11.3. The van der Waals surface area contributed by atoms with Crippen molar-refractivity contribution in [3.05, 3.63) is 48.0 Å². The molecule has 0 aliphatic carbocycles. The lowest BCUT2D eigenvalue weighted by atomic mass is 10.1. The Balaban J connectivity index is 2.09. The number of rotatable bonds is 5. The molecule has 1 atom stereocenters. The Morgan fingerprint density at radius 1 is 1.47 bits per heavy atom. The third-order valence-electron chi connectivity index (χ3n) is 2.84. The molecule has 0 bridgehead atoms. The minimum atomic E-state index is -3.66. The zero-order chi connectivity index (χ0) is 13.9. The third-order valence-corrected chi connectivity index (χ3v) is 3.75. The van der Waals surface area contributed by atoms with Gasteiger partial charge in [0, 0.05) is 24.5 Å². The van der Waals surface area contributed by atoms with Crippen LogP contribution in [0.15, 0.2) is 41.7 Å². The lowest BCUT2D eigenvalue weighted by Gasteiger charge is -2.14. The summed E-state index contributed by atoms with van der Waals surface area (Å²) >= 11 is 0. The molecule has 0 aliphatic rings. The summed E-state index contributed by atoms with van der Waals surface area (Å²) in [5, 5.41) is 8.39. The second-order valence-corrected chi connectivity index (χ2v) is 5.86. The first-order valence-corrected chi connectivity index (χ1v) is 7.35. The van der Waals surface area contributed by atoms with Gasteiger partial charge in [0.2, 0.25) is 10.0 Å². The number of primary sulfonamides is 1. The highest BCUT2D eigenvalue weighted by molar-refractivity contribution is 7.89. The van der Waals surface area contributed by atoms with E-state index in [1.165, 1.54) is 6.07 Å². The van der Waals surface area contributed by atoms with E-state index in [9.17, 15) is 8.42 Å². The molecule has 1 heterocycles. The molecule has 2 aromatic rings. The van der Waals surface area contributed by atoms with Gasteiger partial charge in [-0.05, 0) is 24.6 Å². The van der Waals surface area contributed by atoms with Crippen LogP contribution in [-0.4, -0.2) is 18.4 Å². The summed E-state index contributed by atoms with van der Waals surface area (Å²) < 4.78 is 22.6. The van der Waals surface area contributed by atoms with Crippen LogP contribution in [0, 0.1) is 0 Å². The van der Waals surface area contributed by atoms with Gasteiger partial charge in [0.25, 0.3) is 0 Å². The Kier molecular flexibility index (Phi) is 3.98. The number of hydrogen-bond acceptors (Lipinski definition) is 4. The highest BCUT2D eigenvalue weighted by Gasteiger charge is 2.11. The quantitative estimate of drug-likeness (QED) is 0.757. The summed E-state index contributed by atoms with van der Waals surface area (Å²) in [7, 11) is -3.66. The number of nitrogens with zero attached hydrogens (tertiary/aromatic N) is 1. The van der Waals surface area contributed by atoms with Gasteiger partial charge < -0.3 is 10.3 Å². The predicted molar refractivity (Wildman–Crippen MR) is 71.7 cm³/mol. The summed E-state index contributed by atoms with van der Waals surface area (Å²) in [6.07, 6.45) is 3.35. The van der Waals surface area contributed by atoms with E-state index >= 15 is 0 Å². The van der Waals surface area contributed by atoms with Crippen LogP contribution in [0.1, 0.15) is 24.2 Å². The van der Waals surface area contributed by atoms with Gasteiger partial charge in [0.15, 0.2) is 0 Å². The van der Waals surface area contributed by atoms with Crippen LogP contribution in [0.5, 0.6) is 0 Å². The first-order valence-electron chi connectivity index (χ1n) is 5.80. The summed E-state index contributed by atoms with van der Waals surface area (Å²) in [6, 6.07) is 6.62. The number of hydrogen-bond donors (Lipinski definition) is 3. The summed E-state index contributed by atoms with van der Waals surface area (Å²) in [5.74, 6) is 0. The van der Waals surface area contributed by atoms with Crippen molar-refractivity contribution in [1.29, 1.82) is 0 Å². The molecule has 1 aromatic carbocycles. The maximum atomic E-state index is 11.3. The maximum Gasteiger partial charge on any atom is 0.238 e. The molecule has 2 rings (SSSR count). The van der Waals surface area contributed by atoms with Crippen molar-refractivity contribution in [3.8, 4) is 0 Å². The number of sulfonamides is 1. The van der Waals surface area contributed by atoms with Crippen molar-refractivity contribution in [3.63, 3.8) is 0 Å². The standard InChI is InChI=1S/C12H16N4O2S/c1-9(15-7-11-6-14-8-16-11)10-3-2-4-12(5-10)19(13,17)18/h2-6,8-9,15H,7H2,1H3,(H,14,16)(H2,13,17,18). The van der Waals surface area contributed by atoms with Gasteiger partial charge in [0.1, 0.15) is 0 Å². The SMILES string of the molecule is CC(NCc1cnc[nH]1)c1cccc(S(N)(=O)=O)c1. The number of nitrogens with one attached hydrogen (secondary N) is 2. The number of H-pyrrole nitrogens is 1. The predicted octanol–water partition coefficient (Wildman–Crippen LogP) is 0.908. The van der Waals surface area contributed by atoms with E-state index in [2.05, 4.69) is 15.3 Å². The van der Waals surface area contributed by atoms with Crippen molar-refractivity contribution >= 4 is 10.0 Å². The molecular formula is C12H16N4O2S. The number of aromatic amines is 1. The smallest absolute Gasteiger partial charge is 0.238 e. The van der Waals surface area contributed by atoms with Crippen LogP contribution in [0.4, 0.5) is 0 Å². The molecular weight excluding hydrogens is 264 g/mol. The molecule has 4 N–H and O–H groups in total. The van der Waals surface area contributed by atoms with Gasteiger partial charge in [0.05, 0.1) is 11.2 Å². The number of benzene rings is 1. The molecule has 0 saturated carbocycles. The first kappa shape index (κ1) is 13.7. The molecule has 19 heavy (non-hydrogen) atoms. The van der Waals surface area contributed by atoms with Crippen LogP contribution in [0.2, 0.25) is 0 Å². The van der Waals surface area contributed by atoms with E-state index in [1.54, 1.807) is 24.7 Å². The van der Waals surface area contributed by atoms with Gasteiger partial charge in [-0.25, -0.2) is 18.5 Å². The maximum absolute atomic E-state index is 11.3. The van der Waals surface area contributed by atoms with Gasteiger partial charge in [-0.3, -0.25) is 0 Å². The summed E-state index contributed by atoms with van der Waals surface area (Å²) in [5.41, 5.74) is 1.83. The van der Waals surface area contributed by atoms with E-state index in [0.717, 1.165) is 11.3 Å². The Hall–Kier alpha value is -1.70. The molecule has 0 saturated heterocycles. The fourth-order valence-corrected chi connectivity index (χ4v) is 2.29. The van der Waals surface area contributed by atoms with Crippen LogP contribution in [0.3, 0.4) is 0 Å². The van der Waals surface area contributed by atoms with E-state index in [1.807, 2.05) is 13.0 Å². The molecule has 0 radical (unpaired) electrons. The van der Waals surface area contributed by atoms with Crippen molar-refractivity contribution in [2.75, 3.05) is 0 Å². The lowest BCUT2D eigenvalue weighted by molar-refractivity contribution is 0.567. The first-order chi connectivity index (χ1) is 8.97. The van der Waals surface area contributed by atoms with Crippen LogP contribution in [-0.2, 0) is 16.6 Å². The summed E-state index contributed by atoms with van der Waals surface area (Å²) in [4.78, 5) is 7.04. The minimum Gasteiger partial charge on any atom is -0.347 e. The molecule has 1 unspecified atom stereocenters. The van der Waals surface area contributed by atoms with E-state index < -0.39 is 10.0 Å². The molecule has 0 spiro atoms. The topological polar surface area (TPSA) is 101 Å². The van der Waals surface area contributed by atoms with Crippen LogP contribution < -0.4 is 10.5 Å². The average Bonchev–Trinajstić information content (AvgIpc) is 2.88. The molecule has 7 heteroatoms. The second kappa shape index (κ2) is 5.52. The number of nitrogens with two attached hydrogens (primary N) is 1. The van der Waals surface area contributed by atoms with E-state index in [-0.39, 0.29) is 10.9 Å². The van der Waals surface area contributed by atoms with Gasteiger partial charge in [-0.15, -0.1) is 0 Å². The number of imidazole rings is 1. The Morgan fingerprint density at radius 2 is 2.26 bits per heavy atom. The van der Waals surface area contributed by atoms with Gasteiger partial charge >= 0.3 is 0 Å². The van der Waals surface area contributed by atoms with Crippen LogP contribution >= 0.6 is 0 Å². The van der Waals surface area contributed by atoms with Crippen molar-refractivity contribution < 1.29 is 8.42 Å². The van der Waals surface area contributed by atoms with Crippen molar-refractivity contribution in [2.24, 2.45) is 5.14 Å². The molecule has 102 valence electrons. The Morgan fingerprint density at radius 3 is 2.89 bits per heavy atom. The van der Waals surface area contributed by atoms with Gasteiger partial charge in [-0.1, -0.05) is 12.1 Å². The highest BCUT2D eigenvalue weighted by Crippen LogP contribution is 2.16. The number of aromatic nitrogens is 2. The third kappa shape index (κ3) is 3.63. The highest BCUT2D eigenvalue weighted by atomic mass is 32.2. The summed E-state index contributed by atoms with van der Waals surface area (Å²) in [6.45, 7) is 2.58. The monoisotopic (exact) mass is 280 g/mol. The Bertz CT molecular complexity index is 638. The fraction of sp³-hybridized carbons (Fsp3) is 0.250. The molecule has 0 aliphatic heterocycles. The molecule has 1 aromatic heterocycles. The lowest BCUT2D eigenvalue weighted by Crippen LogP contribution is -2.19. The molecule has 6 nitrogen and oxygen atoms in total. The van der Waals surface area contributed by atoms with Crippen molar-refractivity contribution in [2.45, 2.75) is 24.4 Å². The largest absolute Gasteiger partial charge is 0.347 e. The second-order valence-electron chi connectivity index (χ2n) is 4.30. The Labute approximate surface area is 112 Å². The van der Waals surface area contributed by atoms with Crippen LogP contribution in [0.25, 0.3) is 0 Å². The zero-order valence-electron chi connectivity index (χ0n) is 10.5. The van der Waals surface area contributed by atoms with E-state index in [0.29, 0.717) is 6.54 Å². The van der Waals surface area contributed by atoms with E-state index in [4.69, 9.17) is 5.14 Å². The molecule has 0 amide bonds. The normalized spacial score (nSPS) is 13.4. The van der Waals surface area contributed by atoms with Gasteiger partial charge in [-0.2, -0.15) is 0 Å². The van der Waals surface area contributed by atoms with Crippen molar-refractivity contribution in [1.82, 2.24) is 15.3 Å².